The lowest BCUT2D eigenvalue weighted by Crippen LogP contribution is -1.93. The Morgan fingerprint density at radius 1 is 1.26 bits per heavy atom. The van der Waals surface area contributed by atoms with Crippen molar-refractivity contribution >= 4 is 11.3 Å². The number of aromatic nitrogens is 3. The van der Waals surface area contributed by atoms with Crippen LogP contribution in [0.3, 0.4) is 0 Å². The number of methoxy groups -OCH3 is 1. The average Bonchev–Trinajstić information content (AvgIpc) is 2.83. The summed E-state index contributed by atoms with van der Waals surface area (Å²) in [5.41, 5.74) is 8.30. The minimum atomic E-state index is 0.631. The Bertz CT molecular complexity index is 720. The Hall–Kier alpha value is -2.56. The fourth-order valence-electron chi connectivity index (χ4n) is 2.01. The third-order valence-electron chi connectivity index (χ3n) is 2.93. The van der Waals surface area contributed by atoms with E-state index in [2.05, 4.69) is 10.1 Å². The number of hydrogen-bond acceptors (Lipinski definition) is 4. The molecule has 0 fully saturated rings. The molecule has 19 heavy (non-hydrogen) atoms. The third kappa shape index (κ3) is 2.22. The summed E-state index contributed by atoms with van der Waals surface area (Å²) in [5, 5.41) is 4.41. The predicted molar refractivity (Wildman–Crippen MR) is 73.2 cm³/mol. The molecular formula is C14H14N4O. The topological polar surface area (TPSA) is 65.4 Å². The molecule has 0 atom stereocenters. The minimum Gasteiger partial charge on any atom is -0.497 e. The van der Waals surface area contributed by atoms with Crippen molar-refractivity contribution in [3.63, 3.8) is 0 Å². The molecule has 1 aromatic carbocycles. The lowest BCUT2D eigenvalue weighted by atomic mass is 10.1. The molecule has 0 spiro atoms. The zero-order chi connectivity index (χ0) is 13.2. The summed E-state index contributed by atoms with van der Waals surface area (Å²) < 4.78 is 6.90. The molecule has 2 aromatic heterocycles. The van der Waals surface area contributed by atoms with Gasteiger partial charge in [-0.15, -0.1) is 0 Å². The number of ether oxygens (including phenoxy) is 1. The maximum Gasteiger partial charge on any atom is 0.178 e. The summed E-state index contributed by atoms with van der Waals surface area (Å²) in [6.07, 6.45) is 2.49. The van der Waals surface area contributed by atoms with Crippen molar-refractivity contribution in [2.75, 3.05) is 12.8 Å². The van der Waals surface area contributed by atoms with Crippen molar-refractivity contribution in [2.24, 2.45) is 0 Å². The molecule has 0 aliphatic heterocycles. The van der Waals surface area contributed by atoms with Gasteiger partial charge in [-0.25, -0.2) is 9.50 Å². The number of anilines is 1. The Balaban J connectivity index is 1.94. The predicted octanol–water partition coefficient (Wildman–Crippen LogP) is 1.91. The van der Waals surface area contributed by atoms with E-state index < -0.39 is 0 Å². The summed E-state index contributed by atoms with van der Waals surface area (Å²) in [5.74, 6) is 1.58. The second-order valence-corrected chi connectivity index (χ2v) is 4.29. The Kier molecular flexibility index (Phi) is 2.79. The van der Waals surface area contributed by atoms with Crippen LogP contribution in [-0.4, -0.2) is 21.7 Å². The summed E-state index contributed by atoms with van der Waals surface area (Å²) >= 11 is 0. The van der Waals surface area contributed by atoms with Crippen LogP contribution < -0.4 is 10.5 Å². The van der Waals surface area contributed by atoms with E-state index in [-0.39, 0.29) is 0 Å². The Morgan fingerprint density at radius 2 is 2.16 bits per heavy atom. The smallest absolute Gasteiger partial charge is 0.178 e. The van der Waals surface area contributed by atoms with Crippen LogP contribution in [0.1, 0.15) is 11.4 Å². The molecule has 0 aliphatic carbocycles. The average molecular weight is 254 g/mol. The highest BCUT2D eigenvalue weighted by molar-refractivity contribution is 5.63. The first-order valence-corrected chi connectivity index (χ1v) is 5.99. The van der Waals surface area contributed by atoms with Crippen LogP contribution in [0.15, 0.2) is 42.6 Å². The number of benzene rings is 1. The normalized spacial score (nSPS) is 10.8. The van der Waals surface area contributed by atoms with Crippen LogP contribution in [0.2, 0.25) is 0 Å². The van der Waals surface area contributed by atoms with Crippen molar-refractivity contribution in [2.45, 2.75) is 6.42 Å². The quantitative estimate of drug-likeness (QED) is 0.775. The van der Waals surface area contributed by atoms with Gasteiger partial charge in [0.2, 0.25) is 0 Å². The highest BCUT2D eigenvalue weighted by Crippen LogP contribution is 2.16. The largest absolute Gasteiger partial charge is 0.497 e. The molecule has 2 N–H and O–H groups in total. The van der Waals surface area contributed by atoms with E-state index in [1.54, 1.807) is 11.6 Å². The molecule has 5 nitrogen and oxygen atoms in total. The number of pyridine rings is 1. The van der Waals surface area contributed by atoms with E-state index in [1.807, 2.05) is 42.6 Å². The number of fused-ring (bicyclic) bond motifs is 1. The molecule has 0 radical (unpaired) electrons. The Morgan fingerprint density at radius 3 is 2.95 bits per heavy atom. The first kappa shape index (κ1) is 11.5. The molecule has 96 valence electrons. The maximum absolute atomic E-state index is 5.87. The molecular weight excluding hydrogens is 240 g/mol. The van der Waals surface area contributed by atoms with Crippen LogP contribution in [0.25, 0.3) is 5.65 Å². The van der Waals surface area contributed by atoms with Gasteiger partial charge in [0.05, 0.1) is 12.8 Å². The van der Waals surface area contributed by atoms with Gasteiger partial charge in [-0.2, -0.15) is 5.10 Å². The van der Waals surface area contributed by atoms with E-state index in [4.69, 9.17) is 10.5 Å². The Labute approximate surface area is 110 Å². The SMILES string of the molecule is COc1cccc(Cc2nc3c(N)cccn3n2)c1. The van der Waals surface area contributed by atoms with Crippen LogP contribution in [0.5, 0.6) is 5.75 Å². The highest BCUT2D eigenvalue weighted by atomic mass is 16.5. The first-order valence-electron chi connectivity index (χ1n) is 5.99. The van der Waals surface area contributed by atoms with Crippen molar-refractivity contribution in [1.29, 1.82) is 0 Å². The van der Waals surface area contributed by atoms with Crippen molar-refractivity contribution in [1.82, 2.24) is 14.6 Å². The molecule has 0 saturated carbocycles. The van der Waals surface area contributed by atoms with E-state index in [9.17, 15) is 0 Å². The van der Waals surface area contributed by atoms with E-state index in [1.165, 1.54) is 0 Å². The molecule has 3 aromatic rings. The summed E-state index contributed by atoms with van der Waals surface area (Å²) in [7, 11) is 1.66. The van der Waals surface area contributed by atoms with Gasteiger partial charge in [-0.1, -0.05) is 12.1 Å². The van der Waals surface area contributed by atoms with Crippen molar-refractivity contribution in [3.8, 4) is 5.75 Å². The van der Waals surface area contributed by atoms with Crippen LogP contribution in [-0.2, 0) is 6.42 Å². The van der Waals surface area contributed by atoms with Crippen molar-refractivity contribution < 1.29 is 4.74 Å². The fraction of sp³-hybridized carbons (Fsp3) is 0.143. The minimum absolute atomic E-state index is 0.631. The zero-order valence-corrected chi connectivity index (χ0v) is 10.6. The van der Waals surface area contributed by atoms with Gasteiger partial charge in [-0.05, 0) is 29.8 Å². The number of nitrogens with two attached hydrogens (primary N) is 1. The monoisotopic (exact) mass is 254 g/mol. The summed E-state index contributed by atoms with van der Waals surface area (Å²) in [4.78, 5) is 4.45. The highest BCUT2D eigenvalue weighted by Gasteiger charge is 2.07. The number of nitrogens with zero attached hydrogens (tertiary/aromatic N) is 3. The van der Waals surface area contributed by atoms with Gasteiger partial charge in [0.1, 0.15) is 5.75 Å². The lowest BCUT2D eigenvalue weighted by Gasteiger charge is -2.01. The molecule has 0 aliphatic rings. The molecule has 3 rings (SSSR count). The van der Waals surface area contributed by atoms with Crippen LogP contribution in [0.4, 0.5) is 5.69 Å². The standard InChI is InChI=1S/C14H14N4O/c1-19-11-5-2-4-10(8-11)9-13-16-14-12(15)6-3-7-18(14)17-13/h2-8H,9,15H2,1H3. The summed E-state index contributed by atoms with van der Waals surface area (Å²) in [6, 6.07) is 11.6. The molecule has 2 heterocycles. The molecule has 0 unspecified atom stereocenters. The molecule has 0 saturated heterocycles. The van der Waals surface area contributed by atoms with Crippen molar-refractivity contribution in [3.05, 3.63) is 54.0 Å². The number of hydrogen-bond donors (Lipinski definition) is 1. The van der Waals surface area contributed by atoms with Crippen LogP contribution >= 0.6 is 0 Å². The van der Waals surface area contributed by atoms with Gasteiger partial charge in [0.25, 0.3) is 0 Å². The lowest BCUT2D eigenvalue weighted by molar-refractivity contribution is 0.414. The van der Waals surface area contributed by atoms with E-state index in [0.717, 1.165) is 17.1 Å². The zero-order valence-electron chi connectivity index (χ0n) is 10.6. The van der Waals surface area contributed by atoms with Gasteiger partial charge in [0.15, 0.2) is 11.5 Å². The molecule has 5 heteroatoms. The van der Waals surface area contributed by atoms with E-state index >= 15 is 0 Å². The second-order valence-electron chi connectivity index (χ2n) is 4.29. The third-order valence-corrected chi connectivity index (χ3v) is 2.93. The van der Waals surface area contributed by atoms with Gasteiger partial charge in [0, 0.05) is 12.6 Å². The van der Waals surface area contributed by atoms with Crippen LogP contribution in [0, 0.1) is 0 Å². The maximum atomic E-state index is 5.87. The van der Waals surface area contributed by atoms with Gasteiger partial charge in [-0.3, -0.25) is 0 Å². The van der Waals surface area contributed by atoms with E-state index in [0.29, 0.717) is 17.8 Å². The molecule has 0 bridgehead atoms. The number of rotatable bonds is 3. The molecule has 0 amide bonds. The van der Waals surface area contributed by atoms with Gasteiger partial charge >= 0.3 is 0 Å². The van der Waals surface area contributed by atoms with Gasteiger partial charge < -0.3 is 10.5 Å². The fourth-order valence-corrected chi connectivity index (χ4v) is 2.01. The number of nitrogen functional groups attached to an aromatic ring is 1. The summed E-state index contributed by atoms with van der Waals surface area (Å²) in [6.45, 7) is 0. The first-order chi connectivity index (χ1) is 9.26. The second kappa shape index (κ2) is 4.61.